The molecular weight excluding hydrogens is 765 g/mol. The van der Waals surface area contributed by atoms with Crippen LogP contribution in [-0.4, -0.2) is 4.57 Å². The highest BCUT2D eigenvalue weighted by molar-refractivity contribution is 6.11. The summed E-state index contributed by atoms with van der Waals surface area (Å²) < 4.78 is 8.63. The van der Waals surface area contributed by atoms with Crippen LogP contribution in [0.2, 0.25) is 0 Å². The molecule has 12 rings (SSSR count). The van der Waals surface area contributed by atoms with Crippen LogP contribution < -0.4 is 4.90 Å². The van der Waals surface area contributed by atoms with Crippen LogP contribution in [0.25, 0.3) is 93.9 Å². The van der Waals surface area contributed by atoms with Crippen molar-refractivity contribution in [1.82, 2.24) is 4.57 Å². The molecule has 0 N–H and O–H groups in total. The van der Waals surface area contributed by atoms with Gasteiger partial charge in [-0.3, -0.25) is 0 Å². The second-order valence-electron chi connectivity index (χ2n) is 16.2. The number of para-hydroxylation sites is 4. The predicted octanol–water partition coefficient (Wildman–Crippen LogP) is 16.8. The number of nitrogens with zero attached hydrogens (tertiary/aromatic N) is 2. The van der Waals surface area contributed by atoms with Crippen LogP contribution in [-0.2, 0) is 0 Å². The number of aromatic nitrogens is 1. The summed E-state index contributed by atoms with van der Waals surface area (Å²) in [6.07, 6.45) is 0. The Labute approximate surface area is 366 Å². The van der Waals surface area contributed by atoms with Gasteiger partial charge < -0.3 is 13.9 Å². The van der Waals surface area contributed by atoms with E-state index >= 15 is 0 Å². The van der Waals surface area contributed by atoms with Gasteiger partial charge in [-0.2, -0.15) is 0 Å². The molecule has 0 saturated carbocycles. The smallest absolute Gasteiger partial charge is 0.135 e. The van der Waals surface area contributed by atoms with Crippen molar-refractivity contribution in [3.05, 3.63) is 243 Å². The second-order valence-corrected chi connectivity index (χ2v) is 16.2. The average molecular weight is 805 g/mol. The molecule has 0 aliphatic rings. The minimum Gasteiger partial charge on any atom is -0.456 e. The van der Waals surface area contributed by atoms with Gasteiger partial charge in [0.05, 0.1) is 11.0 Å². The lowest BCUT2D eigenvalue weighted by Gasteiger charge is -2.26. The molecule has 3 nitrogen and oxygen atoms in total. The van der Waals surface area contributed by atoms with Gasteiger partial charge in [0.1, 0.15) is 11.2 Å². The molecule has 296 valence electrons. The zero-order valence-electron chi connectivity index (χ0n) is 34.4. The van der Waals surface area contributed by atoms with Crippen LogP contribution in [0.15, 0.2) is 247 Å². The van der Waals surface area contributed by atoms with Crippen LogP contribution in [0.5, 0.6) is 0 Å². The Hall–Kier alpha value is -8.40. The maximum Gasteiger partial charge on any atom is 0.135 e. The monoisotopic (exact) mass is 804 g/mol. The van der Waals surface area contributed by atoms with Gasteiger partial charge in [0, 0.05) is 44.3 Å². The summed E-state index contributed by atoms with van der Waals surface area (Å²) in [6.45, 7) is 0. The third kappa shape index (κ3) is 6.55. The summed E-state index contributed by atoms with van der Waals surface area (Å²) in [4.78, 5) is 2.34. The van der Waals surface area contributed by atoms with Crippen molar-refractivity contribution in [2.45, 2.75) is 0 Å². The molecule has 0 radical (unpaired) electrons. The first-order valence-electron chi connectivity index (χ1n) is 21.5. The van der Waals surface area contributed by atoms with Crippen molar-refractivity contribution in [3.63, 3.8) is 0 Å². The SMILES string of the molecule is c1ccc(-c2cccc(N(c3ccccc3)c3ccc(-c4cc(-c5ccc6oc7ccccc7c6c5)cc(-c5ccc6c(c5)c5ccccc5n6-c5ccccc5)c4)cc3)c2)cc1. The largest absolute Gasteiger partial charge is 0.456 e. The predicted molar refractivity (Wildman–Crippen MR) is 264 cm³/mol. The Morgan fingerprint density at radius 2 is 0.762 bits per heavy atom. The summed E-state index contributed by atoms with van der Waals surface area (Å²) in [7, 11) is 0. The fraction of sp³-hybridized carbons (Fsp3) is 0. The lowest BCUT2D eigenvalue weighted by atomic mass is 9.92. The second kappa shape index (κ2) is 15.3. The normalized spacial score (nSPS) is 11.5. The van der Waals surface area contributed by atoms with Crippen LogP contribution in [0, 0.1) is 0 Å². The van der Waals surface area contributed by atoms with Gasteiger partial charge in [0.15, 0.2) is 0 Å². The molecule has 2 aromatic heterocycles. The topological polar surface area (TPSA) is 21.3 Å². The number of hydrogen-bond donors (Lipinski definition) is 0. The maximum absolute atomic E-state index is 6.26. The highest BCUT2D eigenvalue weighted by atomic mass is 16.3. The number of fused-ring (bicyclic) bond motifs is 6. The fourth-order valence-electron chi connectivity index (χ4n) is 9.32. The molecule has 10 aromatic carbocycles. The molecule has 0 fully saturated rings. The van der Waals surface area contributed by atoms with E-state index in [-0.39, 0.29) is 0 Å². The van der Waals surface area contributed by atoms with E-state index < -0.39 is 0 Å². The van der Waals surface area contributed by atoms with Gasteiger partial charge in [-0.25, -0.2) is 0 Å². The summed E-state index contributed by atoms with van der Waals surface area (Å²) in [5.41, 5.74) is 17.9. The molecule has 63 heavy (non-hydrogen) atoms. The van der Waals surface area contributed by atoms with Crippen LogP contribution in [0.3, 0.4) is 0 Å². The highest BCUT2D eigenvalue weighted by Gasteiger charge is 2.17. The van der Waals surface area contributed by atoms with Gasteiger partial charge in [-0.05, 0) is 148 Å². The Morgan fingerprint density at radius 1 is 0.270 bits per heavy atom. The maximum atomic E-state index is 6.26. The Kier molecular flexibility index (Phi) is 8.83. The lowest BCUT2D eigenvalue weighted by Crippen LogP contribution is -2.09. The van der Waals surface area contributed by atoms with E-state index in [1.165, 1.54) is 38.5 Å². The van der Waals surface area contributed by atoms with E-state index in [0.29, 0.717) is 0 Å². The molecule has 0 aliphatic carbocycles. The molecule has 0 unspecified atom stereocenters. The van der Waals surface area contributed by atoms with Crippen molar-refractivity contribution >= 4 is 60.8 Å². The molecule has 2 heterocycles. The first-order valence-corrected chi connectivity index (χ1v) is 21.5. The molecule has 3 heteroatoms. The quantitative estimate of drug-likeness (QED) is 0.153. The Morgan fingerprint density at radius 3 is 1.52 bits per heavy atom. The number of rotatable bonds is 8. The summed E-state index contributed by atoms with van der Waals surface area (Å²) in [5.74, 6) is 0. The first-order chi connectivity index (χ1) is 31.2. The molecule has 0 spiro atoms. The molecule has 12 aromatic rings. The molecule has 0 atom stereocenters. The van der Waals surface area contributed by atoms with Crippen molar-refractivity contribution < 1.29 is 4.42 Å². The van der Waals surface area contributed by atoms with E-state index in [4.69, 9.17) is 4.42 Å². The third-order valence-electron chi connectivity index (χ3n) is 12.3. The Balaban J connectivity index is 1.00. The molecule has 0 aliphatic heterocycles. The summed E-state index contributed by atoms with van der Waals surface area (Å²) >= 11 is 0. The van der Waals surface area contributed by atoms with E-state index in [2.05, 4.69) is 240 Å². The van der Waals surface area contributed by atoms with Gasteiger partial charge in [-0.15, -0.1) is 0 Å². The third-order valence-corrected chi connectivity index (χ3v) is 12.3. The van der Waals surface area contributed by atoms with Crippen molar-refractivity contribution in [3.8, 4) is 50.2 Å². The zero-order chi connectivity index (χ0) is 41.7. The van der Waals surface area contributed by atoms with Crippen LogP contribution in [0.4, 0.5) is 17.1 Å². The standard InChI is InChI=1S/C60H40N2O/c1-4-15-41(16-5-1)43-17-14-22-52(38-43)61(49-18-6-2-7-19-49)51-31-27-42(28-32-51)46-35-47(37-48(36-46)45-30-34-60-56(40-45)54-24-11-13-26-59(54)63-60)44-29-33-58-55(39-44)53-23-10-12-25-57(53)62(58)50-20-8-3-9-21-50/h1-40H. The summed E-state index contributed by atoms with van der Waals surface area (Å²) in [6, 6.07) is 87.3. The van der Waals surface area contributed by atoms with Crippen molar-refractivity contribution in [2.24, 2.45) is 0 Å². The van der Waals surface area contributed by atoms with E-state index in [0.717, 1.165) is 72.5 Å². The molecule has 0 saturated heterocycles. The number of hydrogen-bond acceptors (Lipinski definition) is 2. The Bertz CT molecular complexity index is 3600. The van der Waals surface area contributed by atoms with Crippen LogP contribution in [0.1, 0.15) is 0 Å². The number of benzene rings is 10. The van der Waals surface area contributed by atoms with Crippen molar-refractivity contribution in [2.75, 3.05) is 4.90 Å². The van der Waals surface area contributed by atoms with Gasteiger partial charge in [0.25, 0.3) is 0 Å². The lowest BCUT2D eigenvalue weighted by molar-refractivity contribution is 0.669. The van der Waals surface area contributed by atoms with Gasteiger partial charge >= 0.3 is 0 Å². The van der Waals surface area contributed by atoms with E-state index in [1.807, 2.05) is 12.1 Å². The number of furan rings is 1. The molecule has 0 amide bonds. The first kappa shape index (κ1) is 36.5. The van der Waals surface area contributed by atoms with E-state index in [9.17, 15) is 0 Å². The molecular formula is C60H40N2O. The van der Waals surface area contributed by atoms with Crippen LogP contribution >= 0.6 is 0 Å². The number of anilines is 3. The minimum atomic E-state index is 0.893. The minimum absolute atomic E-state index is 0.893. The highest BCUT2D eigenvalue weighted by Crippen LogP contribution is 2.41. The van der Waals surface area contributed by atoms with Gasteiger partial charge in [-0.1, -0.05) is 140 Å². The molecule has 0 bridgehead atoms. The summed E-state index contributed by atoms with van der Waals surface area (Å²) in [5, 5.41) is 4.71. The zero-order valence-corrected chi connectivity index (χ0v) is 34.4. The van der Waals surface area contributed by atoms with E-state index in [1.54, 1.807) is 0 Å². The fourth-order valence-corrected chi connectivity index (χ4v) is 9.32. The van der Waals surface area contributed by atoms with Gasteiger partial charge in [0.2, 0.25) is 0 Å². The van der Waals surface area contributed by atoms with Crippen molar-refractivity contribution in [1.29, 1.82) is 0 Å². The average Bonchev–Trinajstić information content (AvgIpc) is 3.90.